The molecule has 1 fully saturated rings. The van der Waals surface area contributed by atoms with Gasteiger partial charge < -0.3 is 0 Å². The Balaban J connectivity index is 2.46. The number of hydrogen-bond acceptors (Lipinski definition) is 4. The van der Waals surface area contributed by atoms with Gasteiger partial charge in [0.2, 0.25) is 0 Å². The molecule has 1 saturated heterocycles. The van der Waals surface area contributed by atoms with Crippen LogP contribution in [-0.2, 0) is 10.8 Å². The standard InChI is InChI=1S/C10H19N3OS/c1-3-12-10(2,8-11)9-13-4-6-15(14)7-5-13/h12H,3-7,9H2,1-2H3. The first kappa shape index (κ1) is 12.6. The average molecular weight is 229 g/mol. The first-order chi connectivity index (χ1) is 7.09. The van der Waals surface area contributed by atoms with Crippen LogP contribution in [0.1, 0.15) is 13.8 Å². The SMILES string of the molecule is CCNC(C)(C#N)CN1CCS(=O)CC1. The molecule has 0 aliphatic carbocycles. The lowest BCUT2D eigenvalue weighted by molar-refractivity contribution is 0.238. The minimum absolute atomic E-state index is 0.479. The molecule has 1 heterocycles. The van der Waals surface area contributed by atoms with E-state index in [0.717, 1.165) is 31.1 Å². The third-order valence-corrected chi connectivity index (χ3v) is 3.90. The summed E-state index contributed by atoms with van der Waals surface area (Å²) < 4.78 is 11.2. The fourth-order valence-electron chi connectivity index (χ4n) is 1.80. The Morgan fingerprint density at radius 2 is 2.13 bits per heavy atom. The van der Waals surface area contributed by atoms with Gasteiger partial charge in [-0.1, -0.05) is 6.92 Å². The monoisotopic (exact) mass is 229 g/mol. The van der Waals surface area contributed by atoms with E-state index < -0.39 is 16.3 Å². The van der Waals surface area contributed by atoms with Crippen LogP contribution < -0.4 is 5.32 Å². The molecule has 86 valence electrons. The van der Waals surface area contributed by atoms with Gasteiger partial charge in [-0.05, 0) is 13.5 Å². The van der Waals surface area contributed by atoms with Gasteiger partial charge in [-0.15, -0.1) is 0 Å². The third-order valence-electron chi connectivity index (χ3n) is 2.62. The van der Waals surface area contributed by atoms with Gasteiger partial charge in [0.05, 0.1) is 6.07 Å². The van der Waals surface area contributed by atoms with Crippen molar-refractivity contribution in [2.45, 2.75) is 19.4 Å². The van der Waals surface area contributed by atoms with E-state index in [1.807, 2.05) is 13.8 Å². The van der Waals surface area contributed by atoms with E-state index in [2.05, 4.69) is 16.3 Å². The van der Waals surface area contributed by atoms with Crippen LogP contribution in [0.4, 0.5) is 0 Å². The highest BCUT2D eigenvalue weighted by Crippen LogP contribution is 2.08. The fraction of sp³-hybridized carbons (Fsp3) is 0.900. The zero-order chi connectivity index (χ0) is 11.3. The normalized spacial score (nSPS) is 23.3. The van der Waals surface area contributed by atoms with Crippen molar-refractivity contribution < 1.29 is 4.21 Å². The molecule has 0 aromatic carbocycles. The summed E-state index contributed by atoms with van der Waals surface area (Å²) in [4.78, 5) is 2.22. The van der Waals surface area contributed by atoms with Gasteiger partial charge in [-0.25, -0.2) is 0 Å². The predicted octanol–water partition coefficient (Wildman–Crippen LogP) is -0.0575. The highest BCUT2D eigenvalue weighted by molar-refractivity contribution is 7.85. The highest BCUT2D eigenvalue weighted by atomic mass is 32.2. The van der Waals surface area contributed by atoms with E-state index in [1.165, 1.54) is 0 Å². The Hall–Kier alpha value is -0.440. The predicted molar refractivity (Wildman–Crippen MR) is 62.0 cm³/mol. The molecule has 1 unspecified atom stereocenters. The molecule has 0 amide bonds. The number of nitrogens with one attached hydrogen (secondary N) is 1. The Kier molecular flexibility index (Phi) is 4.71. The van der Waals surface area contributed by atoms with Gasteiger partial charge in [0.15, 0.2) is 0 Å². The number of hydrogen-bond donors (Lipinski definition) is 1. The van der Waals surface area contributed by atoms with Gasteiger partial charge in [0.25, 0.3) is 0 Å². The molecule has 0 saturated carbocycles. The summed E-state index contributed by atoms with van der Waals surface area (Å²) in [5.74, 6) is 1.49. The highest BCUT2D eigenvalue weighted by Gasteiger charge is 2.27. The van der Waals surface area contributed by atoms with Crippen molar-refractivity contribution in [2.24, 2.45) is 0 Å². The lowest BCUT2D eigenvalue weighted by Crippen LogP contribution is -2.53. The van der Waals surface area contributed by atoms with E-state index in [9.17, 15) is 4.21 Å². The molecule has 0 radical (unpaired) electrons. The summed E-state index contributed by atoms with van der Waals surface area (Å²) >= 11 is 0. The van der Waals surface area contributed by atoms with Crippen molar-refractivity contribution in [1.29, 1.82) is 5.26 Å². The van der Waals surface area contributed by atoms with Crippen LogP contribution in [-0.4, -0.2) is 52.3 Å². The zero-order valence-electron chi connectivity index (χ0n) is 9.45. The summed E-state index contributed by atoms with van der Waals surface area (Å²) in [6.07, 6.45) is 0. The molecular weight excluding hydrogens is 210 g/mol. The Bertz CT molecular complexity index is 266. The van der Waals surface area contributed by atoms with Gasteiger partial charge >= 0.3 is 0 Å². The second-order valence-electron chi connectivity index (χ2n) is 4.10. The third kappa shape index (κ3) is 3.90. The van der Waals surface area contributed by atoms with Crippen molar-refractivity contribution >= 4 is 10.8 Å². The van der Waals surface area contributed by atoms with E-state index in [0.29, 0.717) is 6.54 Å². The quantitative estimate of drug-likeness (QED) is 0.734. The maximum absolute atomic E-state index is 11.2. The Morgan fingerprint density at radius 1 is 1.53 bits per heavy atom. The minimum atomic E-state index is -0.640. The molecule has 1 rings (SSSR count). The van der Waals surface area contributed by atoms with E-state index in [1.54, 1.807) is 0 Å². The molecule has 4 nitrogen and oxygen atoms in total. The lowest BCUT2D eigenvalue weighted by Gasteiger charge is -2.33. The molecule has 1 aliphatic heterocycles. The fourth-order valence-corrected chi connectivity index (χ4v) is 2.93. The molecular formula is C10H19N3OS. The largest absolute Gasteiger partial charge is 0.299 e. The van der Waals surface area contributed by atoms with Crippen molar-refractivity contribution in [3.05, 3.63) is 0 Å². The van der Waals surface area contributed by atoms with E-state index in [4.69, 9.17) is 5.26 Å². The van der Waals surface area contributed by atoms with Crippen molar-refractivity contribution in [2.75, 3.05) is 37.7 Å². The van der Waals surface area contributed by atoms with Crippen LogP contribution in [0.2, 0.25) is 0 Å². The molecule has 15 heavy (non-hydrogen) atoms. The van der Waals surface area contributed by atoms with Gasteiger partial charge in [-0.2, -0.15) is 5.26 Å². The molecule has 5 heteroatoms. The molecule has 1 atom stereocenters. The van der Waals surface area contributed by atoms with Crippen LogP contribution in [0.15, 0.2) is 0 Å². The Morgan fingerprint density at radius 3 is 2.60 bits per heavy atom. The lowest BCUT2D eigenvalue weighted by atomic mass is 10.0. The molecule has 1 aliphatic rings. The second-order valence-corrected chi connectivity index (χ2v) is 5.79. The van der Waals surface area contributed by atoms with Crippen LogP contribution in [0.25, 0.3) is 0 Å². The van der Waals surface area contributed by atoms with Crippen molar-refractivity contribution in [3.8, 4) is 6.07 Å². The maximum Gasteiger partial charge on any atom is 0.116 e. The number of nitrogens with zero attached hydrogens (tertiary/aromatic N) is 2. The summed E-state index contributed by atoms with van der Waals surface area (Å²) in [6.45, 7) is 7.12. The number of likely N-dealkylation sites (N-methyl/N-ethyl adjacent to an activating group) is 1. The number of rotatable bonds is 4. The molecule has 0 bridgehead atoms. The van der Waals surface area contributed by atoms with E-state index in [-0.39, 0.29) is 0 Å². The average Bonchev–Trinajstić information content (AvgIpc) is 2.22. The first-order valence-corrected chi connectivity index (χ1v) is 6.82. The Labute approximate surface area is 94.1 Å². The summed E-state index contributed by atoms with van der Waals surface area (Å²) in [5, 5.41) is 12.3. The van der Waals surface area contributed by atoms with E-state index >= 15 is 0 Å². The summed E-state index contributed by atoms with van der Waals surface area (Å²) in [7, 11) is -0.640. The molecule has 0 spiro atoms. The number of nitriles is 1. The first-order valence-electron chi connectivity index (χ1n) is 5.33. The minimum Gasteiger partial charge on any atom is -0.299 e. The van der Waals surface area contributed by atoms with Gasteiger partial charge in [0.1, 0.15) is 5.54 Å². The second kappa shape index (κ2) is 5.59. The zero-order valence-corrected chi connectivity index (χ0v) is 10.3. The van der Waals surface area contributed by atoms with Crippen molar-refractivity contribution in [1.82, 2.24) is 10.2 Å². The molecule has 0 aromatic heterocycles. The van der Waals surface area contributed by atoms with Gasteiger partial charge in [0, 0.05) is 41.9 Å². The van der Waals surface area contributed by atoms with Gasteiger partial charge in [-0.3, -0.25) is 14.4 Å². The van der Waals surface area contributed by atoms with Crippen LogP contribution in [0.5, 0.6) is 0 Å². The van der Waals surface area contributed by atoms with Crippen LogP contribution >= 0.6 is 0 Å². The summed E-state index contributed by atoms with van der Waals surface area (Å²) in [5.41, 5.74) is -0.479. The molecule has 0 aromatic rings. The smallest absolute Gasteiger partial charge is 0.116 e. The molecule has 1 N–H and O–H groups in total. The maximum atomic E-state index is 11.2. The topological polar surface area (TPSA) is 56.1 Å². The van der Waals surface area contributed by atoms with Crippen LogP contribution in [0.3, 0.4) is 0 Å². The summed E-state index contributed by atoms with van der Waals surface area (Å²) in [6, 6.07) is 2.31. The van der Waals surface area contributed by atoms with Crippen molar-refractivity contribution in [3.63, 3.8) is 0 Å². The van der Waals surface area contributed by atoms with Crippen LogP contribution in [0, 0.1) is 11.3 Å².